The molecule has 0 radical (unpaired) electrons. The van der Waals surface area contributed by atoms with Crippen molar-refractivity contribution in [3.63, 3.8) is 0 Å². The van der Waals surface area contributed by atoms with Gasteiger partial charge in [0, 0.05) is 31.0 Å². The van der Waals surface area contributed by atoms with Gasteiger partial charge in [0.25, 0.3) is 0 Å². The number of fused-ring (bicyclic) bond motifs is 1. The van der Waals surface area contributed by atoms with Gasteiger partial charge in [-0.15, -0.1) is 0 Å². The minimum Gasteiger partial charge on any atom is -0.355 e. The topological polar surface area (TPSA) is 67.2 Å². The van der Waals surface area contributed by atoms with Crippen LogP contribution in [0.25, 0.3) is 11.0 Å². The minimum atomic E-state index is -0.416. The molecule has 1 saturated heterocycles. The first-order valence-corrected chi connectivity index (χ1v) is 10.3. The van der Waals surface area contributed by atoms with Gasteiger partial charge < -0.3 is 14.8 Å². The monoisotopic (exact) mass is 384 g/mol. The van der Waals surface area contributed by atoms with E-state index in [4.69, 9.17) is 4.98 Å². The molecule has 2 amide bonds. The molecule has 3 rings (SSSR count). The molecule has 2 heterocycles. The smallest absolute Gasteiger partial charge is 0.242 e. The Kier molecular flexibility index (Phi) is 6.06. The number of aromatic nitrogens is 2. The molecule has 1 atom stereocenters. The Morgan fingerprint density at radius 1 is 1.21 bits per heavy atom. The van der Waals surface area contributed by atoms with Gasteiger partial charge in [-0.05, 0) is 38.3 Å². The Balaban J connectivity index is 1.77. The quantitative estimate of drug-likeness (QED) is 0.861. The lowest BCUT2D eigenvalue weighted by Crippen LogP contribution is -2.43. The van der Waals surface area contributed by atoms with Crippen LogP contribution in [0.5, 0.6) is 0 Å². The molecule has 0 saturated carbocycles. The summed E-state index contributed by atoms with van der Waals surface area (Å²) in [5, 5.41) is 2.98. The maximum atomic E-state index is 13.0. The number of nitrogens with one attached hydrogen (secondary N) is 1. The van der Waals surface area contributed by atoms with E-state index in [0.717, 1.165) is 36.2 Å². The second kappa shape index (κ2) is 8.33. The fourth-order valence-electron chi connectivity index (χ4n) is 3.74. The summed E-state index contributed by atoms with van der Waals surface area (Å²) in [6.07, 6.45) is 3.94. The van der Waals surface area contributed by atoms with E-state index in [2.05, 4.69) is 12.2 Å². The summed E-state index contributed by atoms with van der Waals surface area (Å²) >= 11 is 0. The van der Waals surface area contributed by atoms with E-state index in [9.17, 15) is 9.59 Å². The van der Waals surface area contributed by atoms with Crippen LogP contribution in [0.1, 0.15) is 52.8 Å². The number of imidazole rings is 1. The van der Waals surface area contributed by atoms with Crippen molar-refractivity contribution in [3.8, 4) is 0 Å². The Morgan fingerprint density at radius 2 is 1.96 bits per heavy atom. The number of amides is 2. The second-order valence-corrected chi connectivity index (χ2v) is 8.79. The van der Waals surface area contributed by atoms with Gasteiger partial charge in [-0.1, -0.05) is 32.9 Å². The summed E-state index contributed by atoms with van der Waals surface area (Å²) in [5.74, 6) is 1.01. The Bertz CT molecular complexity index is 850. The molecular formula is C22H32N4O2. The predicted octanol–water partition coefficient (Wildman–Crippen LogP) is 3.14. The standard InChI is InChI=1S/C22H32N4O2/c1-16-9-7-8-14-25(16)20(27)15-26-18-11-6-5-10-17(18)24-19(26)12-13-23-21(28)22(2,3)4/h5-6,10-11,16H,7-9,12-15H2,1-4H3,(H,23,28). The molecule has 1 unspecified atom stereocenters. The van der Waals surface area contributed by atoms with Gasteiger partial charge in [-0.25, -0.2) is 4.98 Å². The molecule has 1 N–H and O–H groups in total. The van der Waals surface area contributed by atoms with Gasteiger partial charge in [-0.3, -0.25) is 9.59 Å². The molecule has 1 aliphatic heterocycles. The summed E-state index contributed by atoms with van der Waals surface area (Å²) in [7, 11) is 0. The Morgan fingerprint density at radius 3 is 2.68 bits per heavy atom. The summed E-state index contributed by atoms with van der Waals surface area (Å²) in [5.41, 5.74) is 1.44. The second-order valence-electron chi connectivity index (χ2n) is 8.79. The van der Waals surface area contributed by atoms with Crippen molar-refractivity contribution in [1.29, 1.82) is 0 Å². The number of piperidine rings is 1. The number of para-hydroxylation sites is 2. The Labute approximate surface area is 167 Å². The lowest BCUT2D eigenvalue weighted by Gasteiger charge is -2.33. The lowest BCUT2D eigenvalue weighted by atomic mass is 9.96. The van der Waals surface area contributed by atoms with Gasteiger partial charge in [0.15, 0.2) is 0 Å². The lowest BCUT2D eigenvalue weighted by molar-refractivity contribution is -0.135. The molecule has 1 aromatic carbocycles. The molecule has 1 aromatic heterocycles. The molecule has 2 aromatic rings. The average molecular weight is 385 g/mol. The van der Waals surface area contributed by atoms with Gasteiger partial charge in [0.1, 0.15) is 12.4 Å². The highest BCUT2D eigenvalue weighted by Gasteiger charge is 2.25. The third-order valence-electron chi connectivity index (χ3n) is 5.47. The fourth-order valence-corrected chi connectivity index (χ4v) is 3.74. The van der Waals surface area contributed by atoms with E-state index in [1.54, 1.807) is 0 Å². The molecule has 1 aliphatic rings. The van der Waals surface area contributed by atoms with Crippen LogP contribution in [0.4, 0.5) is 0 Å². The highest BCUT2D eigenvalue weighted by atomic mass is 16.2. The van der Waals surface area contributed by atoms with E-state index in [1.807, 2.05) is 54.5 Å². The Hall–Kier alpha value is -2.37. The molecular weight excluding hydrogens is 352 g/mol. The minimum absolute atomic E-state index is 0.0216. The zero-order chi connectivity index (χ0) is 20.3. The van der Waals surface area contributed by atoms with Crippen LogP contribution in [-0.4, -0.2) is 45.4 Å². The number of carbonyl (C=O) groups excluding carboxylic acids is 2. The number of benzene rings is 1. The van der Waals surface area contributed by atoms with Crippen molar-refractivity contribution in [1.82, 2.24) is 19.8 Å². The normalized spacial score (nSPS) is 17.7. The molecule has 152 valence electrons. The summed E-state index contributed by atoms with van der Waals surface area (Å²) < 4.78 is 2.02. The highest BCUT2D eigenvalue weighted by Crippen LogP contribution is 2.20. The van der Waals surface area contributed by atoms with Crippen LogP contribution in [0.15, 0.2) is 24.3 Å². The molecule has 6 nitrogen and oxygen atoms in total. The highest BCUT2D eigenvalue weighted by molar-refractivity contribution is 5.82. The molecule has 0 bridgehead atoms. The molecule has 0 aliphatic carbocycles. The van der Waals surface area contributed by atoms with Gasteiger partial charge >= 0.3 is 0 Å². The number of likely N-dealkylation sites (tertiary alicyclic amines) is 1. The number of rotatable bonds is 5. The van der Waals surface area contributed by atoms with Crippen molar-refractivity contribution < 1.29 is 9.59 Å². The fraction of sp³-hybridized carbons (Fsp3) is 0.591. The SMILES string of the molecule is CC1CCCCN1C(=O)Cn1c(CCNC(=O)C(C)(C)C)nc2ccccc21. The van der Waals surface area contributed by atoms with Crippen LogP contribution >= 0.6 is 0 Å². The first-order chi connectivity index (χ1) is 13.3. The van der Waals surface area contributed by atoms with E-state index in [-0.39, 0.29) is 11.8 Å². The number of hydrogen-bond donors (Lipinski definition) is 1. The maximum absolute atomic E-state index is 13.0. The van der Waals surface area contributed by atoms with Crippen molar-refractivity contribution in [2.75, 3.05) is 13.1 Å². The molecule has 0 spiro atoms. The van der Waals surface area contributed by atoms with E-state index < -0.39 is 5.41 Å². The van der Waals surface area contributed by atoms with Crippen molar-refractivity contribution in [3.05, 3.63) is 30.1 Å². The van der Waals surface area contributed by atoms with Crippen molar-refractivity contribution in [2.45, 2.75) is 66.0 Å². The van der Waals surface area contributed by atoms with E-state index in [0.29, 0.717) is 25.6 Å². The largest absolute Gasteiger partial charge is 0.355 e. The third kappa shape index (κ3) is 4.54. The van der Waals surface area contributed by atoms with E-state index >= 15 is 0 Å². The van der Waals surface area contributed by atoms with Gasteiger partial charge in [0.05, 0.1) is 11.0 Å². The molecule has 1 fully saturated rings. The maximum Gasteiger partial charge on any atom is 0.242 e. The average Bonchev–Trinajstić information content (AvgIpc) is 2.98. The molecule has 6 heteroatoms. The van der Waals surface area contributed by atoms with Crippen LogP contribution in [0.3, 0.4) is 0 Å². The zero-order valence-electron chi connectivity index (χ0n) is 17.5. The summed E-state index contributed by atoms with van der Waals surface area (Å²) in [6, 6.07) is 8.20. The molecule has 28 heavy (non-hydrogen) atoms. The van der Waals surface area contributed by atoms with Crippen LogP contribution in [0.2, 0.25) is 0 Å². The number of hydrogen-bond acceptors (Lipinski definition) is 3. The van der Waals surface area contributed by atoms with Crippen LogP contribution < -0.4 is 5.32 Å². The number of nitrogens with zero attached hydrogens (tertiary/aromatic N) is 3. The summed E-state index contributed by atoms with van der Waals surface area (Å²) in [4.78, 5) is 31.9. The van der Waals surface area contributed by atoms with Crippen molar-refractivity contribution in [2.24, 2.45) is 5.41 Å². The third-order valence-corrected chi connectivity index (χ3v) is 5.47. The predicted molar refractivity (Wildman–Crippen MR) is 111 cm³/mol. The van der Waals surface area contributed by atoms with Crippen LogP contribution in [0, 0.1) is 5.41 Å². The van der Waals surface area contributed by atoms with Crippen LogP contribution in [-0.2, 0) is 22.6 Å². The van der Waals surface area contributed by atoms with Crippen molar-refractivity contribution >= 4 is 22.8 Å². The number of carbonyl (C=O) groups is 2. The van der Waals surface area contributed by atoms with Gasteiger partial charge in [0.2, 0.25) is 11.8 Å². The summed E-state index contributed by atoms with van der Waals surface area (Å²) in [6.45, 7) is 9.47. The van der Waals surface area contributed by atoms with Gasteiger partial charge in [-0.2, -0.15) is 0 Å². The first-order valence-electron chi connectivity index (χ1n) is 10.3. The zero-order valence-corrected chi connectivity index (χ0v) is 17.5. The van der Waals surface area contributed by atoms with E-state index in [1.165, 1.54) is 6.42 Å². The first kappa shape index (κ1) is 20.4.